The van der Waals surface area contributed by atoms with Crippen molar-refractivity contribution in [1.82, 2.24) is 5.32 Å². The molecule has 1 aromatic carbocycles. The van der Waals surface area contributed by atoms with E-state index in [4.69, 9.17) is 0 Å². The lowest BCUT2D eigenvalue weighted by Gasteiger charge is -2.24. The molecule has 1 aliphatic rings. The highest BCUT2D eigenvalue weighted by atomic mass is 16.4. The van der Waals surface area contributed by atoms with Gasteiger partial charge in [0.05, 0.1) is 11.5 Å². The van der Waals surface area contributed by atoms with E-state index in [0.29, 0.717) is 12.8 Å². The zero-order valence-corrected chi connectivity index (χ0v) is 11.8. The Bertz CT molecular complexity index is 478. The first-order valence-electron chi connectivity index (χ1n) is 7.11. The molecule has 1 saturated carbocycles. The molecule has 4 nitrogen and oxygen atoms in total. The summed E-state index contributed by atoms with van der Waals surface area (Å²) >= 11 is 0. The molecule has 108 valence electrons. The highest BCUT2D eigenvalue weighted by Gasteiger charge is 2.43. The Morgan fingerprint density at radius 2 is 1.85 bits per heavy atom. The highest BCUT2D eigenvalue weighted by molar-refractivity contribution is 5.85. The second-order valence-corrected chi connectivity index (χ2v) is 5.67. The van der Waals surface area contributed by atoms with Crippen LogP contribution in [-0.4, -0.2) is 17.0 Å². The van der Waals surface area contributed by atoms with Gasteiger partial charge in [0, 0.05) is 6.42 Å². The van der Waals surface area contributed by atoms with Crippen LogP contribution in [0.3, 0.4) is 0 Å². The number of hydrogen-bond donors (Lipinski definition) is 2. The summed E-state index contributed by atoms with van der Waals surface area (Å²) in [7, 11) is 0. The van der Waals surface area contributed by atoms with E-state index in [2.05, 4.69) is 5.32 Å². The van der Waals surface area contributed by atoms with Crippen molar-refractivity contribution in [3.8, 4) is 0 Å². The van der Waals surface area contributed by atoms with Gasteiger partial charge in [-0.1, -0.05) is 43.2 Å². The van der Waals surface area contributed by atoms with Crippen LogP contribution in [0.1, 0.15) is 50.6 Å². The van der Waals surface area contributed by atoms with Crippen molar-refractivity contribution in [2.45, 2.75) is 45.1 Å². The summed E-state index contributed by atoms with van der Waals surface area (Å²) in [5.41, 5.74) is 0.178. The SMILES string of the molecule is CC(NC(=O)CC1(C(=O)O)CCCC1)c1ccccc1. The minimum atomic E-state index is -0.847. The predicted octanol–water partition coefficient (Wildman–Crippen LogP) is 2.90. The monoisotopic (exact) mass is 275 g/mol. The molecule has 0 heterocycles. The molecule has 4 heteroatoms. The van der Waals surface area contributed by atoms with E-state index in [-0.39, 0.29) is 18.4 Å². The Kier molecular flexibility index (Phi) is 4.42. The van der Waals surface area contributed by atoms with Gasteiger partial charge in [0.15, 0.2) is 0 Å². The molecule has 1 aliphatic carbocycles. The number of rotatable bonds is 5. The highest BCUT2D eigenvalue weighted by Crippen LogP contribution is 2.41. The van der Waals surface area contributed by atoms with E-state index >= 15 is 0 Å². The van der Waals surface area contributed by atoms with Gasteiger partial charge in [-0.3, -0.25) is 9.59 Å². The summed E-state index contributed by atoms with van der Waals surface area (Å²) in [5.74, 6) is -1.01. The first-order chi connectivity index (χ1) is 9.53. The van der Waals surface area contributed by atoms with E-state index < -0.39 is 11.4 Å². The fraction of sp³-hybridized carbons (Fsp3) is 0.500. The molecule has 0 aromatic heterocycles. The molecule has 20 heavy (non-hydrogen) atoms. The van der Waals surface area contributed by atoms with Crippen LogP contribution < -0.4 is 5.32 Å². The third-order valence-electron chi connectivity index (χ3n) is 4.19. The molecule has 1 amide bonds. The first kappa shape index (κ1) is 14.6. The van der Waals surface area contributed by atoms with E-state index in [0.717, 1.165) is 18.4 Å². The van der Waals surface area contributed by atoms with Gasteiger partial charge in [0.2, 0.25) is 5.91 Å². The fourth-order valence-electron chi connectivity index (χ4n) is 2.94. The normalized spacial score (nSPS) is 18.4. The molecule has 1 atom stereocenters. The molecule has 2 N–H and O–H groups in total. The third kappa shape index (κ3) is 3.18. The maximum absolute atomic E-state index is 12.1. The van der Waals surface area contributed by atoms with Crippen molar-refractivity contribution in [1.29, 1.82) is 0 Å². The van der Waals surface area contributed by atoms with E-state index in [1.54, 1.807) is 0 Å². The number of carboxylic acid groups (broad SMARTS) is 1. The molecular weight excluding hydrogens is 254 g/mol. The average molecular weight is 275 g/mol. The standard InChI is InChI=1S/C16H21NO3/c1-12(13-7-3-2-4-8-13)17-14(18)11-16(15(19)20)9-5-6-10-16/h2-4,7-8,12H,5-6,9-11H2,1H3,(H,17,18)(H,19,20). The summed E-state index contributed by atoms with van der Waals surface area (Å²) in [6.45, 7) is 1.91. The number of benzene rings is 1. The van der Waals surface area contributed by atoms with Crippen molar-refractivity contribution in [2.24, 2.45) is 5.41 Å². The van der Waals surface area contributed by atoms with Crippen LogP contribution in [0.15, 0.2) is 30.3 Å². The number of amides is 1. The van der Waals surface area contributed by atoms with Crippen LogP contribution in [0.5, 0.6) is 0 Å². The van der Waals surface area contributed by atoms with Crippen LogP contribution >= 0.6 is 0 Å². The topological polar surface area (TPSA) is 66.4 Å². The zero-order valence-electron chi connectivity index (χ0n) is 11.8. The number of carbonyl (C=O) groups is 2. The van der Waals surface area contributed by atoms with Crippen molar-refractivity contribution in [3.05, 3.63) is 35.9 Å². The Hall–Kier alpha value is -1.84. The van der Waals surface area contributed by atoms with Gasteiger partial charge < -0.3 is 10.4 Å². The maximum Gasteiger partial charge on any atom is 0.310 e. The van der Waals surface area contributed by atoms with Crippen molar-refractivity contribution >= 4 is 11.9 Å². The van der Waals surface area contributed by atoms with E-state index in [1.165, 1.54) is 0 Å². The Morgan fingerprint density at radius 1 is 1.25 bits per heavy atom. The molecular formula is C16H21NO3. The second-order valence-electron chi connectivity index (χ2n) is 5.67. The summed E-state index contributed by atoms with van der Waals surface area (Å²) in [5, 5.41) is 12.3. The smallest absolute Gasteiger partial charge is 0.310 e. The van der Waals surface area contributed by atoms with Crippen LogP contribution in [0.2, 0.25) is 0 Å². The van der Waals surface area contributed by atoms with Gasteiger partial charge >= 0.3 is 5.97 Å². The summed E-state index contributed by atoms with van der Waals surface area (Å²) in [6, 6.07) is 9.58. The van der Waals surface area contributed by atoms with Gasteiger partial charge in [-0.25, -0.2) is 0 Å². The number of nitrogens with one attached hydrogen (secondary N) is 1. The lowest BCUT2D eigenvalue weighted by Crippen LogP contribution is -2.36. The van der Waals surface area contributed by atoms with Crippen molar-refractivity contribution in [3.63, 3.8) is 0 Å². The number of hydrogen-bond acceptors (Lipinski definition) is 2. The molecule has 0 radical (unpaired) electrons. The van der Waals surface area contributed by atoms with Crippen LogP contribution in [0.4, 0.5) is 0 Å². The Morgan fingerprint density at radius 3 is 2.40 bits per heavy atom. The summed E-state index contributed by atoms with van der Waals surface area (Å²) in [6.07, 6.45) is 3.09. The van der Waals surface area contributed by atoms with Crippen LogP contribution in [0, 0.1) is 5.41 Å². The fourth-order valence-corrected chi connectivity index (χ4v) is 2.94. The minimum Gasteiger partial charge on any atom is -0.481 e. The van der Waals surface area contributed by atoms with Crippen molar-refractivity contribution in [2.75, 3.05) is 0 Å². The molecule has 1 fully saturated rings. The van der Waals surface area contributed by atoms with E-state index in [9.17, 15) is 14.7 Å². The largest absolute Gasteiger partial charge is 0.481 e. The third-order valence-corrected chi connectivity index (χ3v) is 4.19. The first-order valence-corrected chi connectivity index (χ1v) is 7.11. The number of carboxylic acids is 1. The lowest BCUT2D eigenvalue weighted by atomic mass is 9.82. The van der Waals surface area contributed by atoms with Gasteiger partial charge in [-0.05, 0) is 25.3 Å². The van der Waals surface area contributed by atoms with Gasteiger partial charge in [0.25, 0.3) is 0 Å². The zero-order chi connectivity index (χ0) is 14.6. The second kappa shape index (κ2) is 6.07. The lowest BCUT2D eigenvalue weighted by molar-refractivity contribution is -0.151. The molecule has 0 saturated heterocycles. The Labute approximate surface area is 119 Å². The number of aliphatic carboxylic acids is 1. The van der Waals surface area contributed by atoms with E-state index in [1.807, 2.05) is 37.3 Å². The minimum absolute atomic E-state index is 0.0828. The quantitative estimate of drug-likeness (QED) is 0.868. The van der Waals surface area contributed by atoms with Gasteiger partial charge in [-0.2, -0.15) is 0 Å². The molecule has 0 spiro atoms. The maximum atomic E-state index is 12.1. The molecule has 2 rings (SSSR count). The summed E-state index contributed by atoms with van der Waals surface area (Å²) < 4.78 is 0. The Balaban J connectivity index is 1.97. The van der Waals surface area contributed by atoms with Crippen LogP contribution in [0.25, 0.3) is 0 Å². The predicted molar refractivity (Wildman–Crippen MR) is 76.2 cm³/mol. The average Bonchev–Trinajstić information content (AvgIpc) is 2.89. The molecule has 0 aliphatic heterocycles. The number of carbonyl (C=O) groups excluding carboxylic acids is 1. The van der Waals surface area contributed by atoms with Gasteiger partial charge in [0.1, 0.15) is 0 Å². The van der Waals surface area contributed by atoms with Crippen molar-refractivity contribution < 1.29 is 14.7 Å². The molecule has 1 aromatic rings. The van der Waals surface area contributed by atoms with Gasteiger partial charge in [-0.15, -0.1) is 0 Å². The van der Waals surface area contributed by atoms with Crippen LogP contribution in [-0.2, 0) is 9.59 Å². The molecule has 1 unspecified atom stereocenters. The summed E-state index contributed by atoms with van der Waals surface area (Å²) in [4.78, 5) is 23.6. The molecule has 0 bridgehead atoms.